The third-order valence-electron chi connectivity index (χ3n) is 11.0. The summed E-state index contributed by atoms with van der Waals surface area (Å²) >= 11 is 0. The highest BCUT2D eigenvalue weighted by Gasteiger charge is 2.42. The molecule has 4 heterocycles. The van der Waals surface area contributed by atoms with Gasteiger partial charge in [-0.1, -0.05) is 92.6 Å². The fourth-order valence-corrected chi connectivity index (χ4v) is 8.07. The van der Waals surface area contributed by atoms with Crippen molar-refractivity contribution in [1.82, 2.24) is 19.0 Å². The molecular weight excluding hydrogens is 661 g/mol. The second-order valence-electron chi connectivity index (χ2n) is 18.0. The van der Waals surface area contributed by atoms with Gasteiger partial charge in [-0.3, -0.25) is 4.57 Å². The molecule has 1 aliphatic rings. The van der Waals surface area contributed by atoms with Crippen LogP contribution in [0.25, 0.3) is 39.0 Å². The molecule has 8 rings (SSSR count). The average molecular weight is 717 g/mol. The Morgan fingerprint density at radius 2 is 1.37 bits per heavy atom. The average Bonchev–Trinajstić information content (AvgIpc) is 3.73. The van der Waals surface area contributed by atoms with Gasteiger partial charge in [-0.2, -0.15) is 0 Å². The van der Waals surface area contributed by atoms with Crippen LogP contribution in [0.15, 0.2) is 97.5 Å². The molecular formula is C47H52BN5O. The summed E-state index contributed by atoms with van der Waals surface area (Å²) in [4.78, 5) is 12.1. The van der Waals surface area contributed by atoms with Crippen LogP contribution in [0, 0.1) is 13.8 Å². The molecule has 0 unspecified atom stereocenters. The quantitative estimate of drug-likeness (QED) is 0.170. The van der Waals surface area contributed by atoms with Gasteiger partial charge in [-0.05, 0) is 113 Å². The number of fused-ring (bicyclic) bond motifs is 6. The second-order valence-corrected chi connectivity index (χ2v) is 18.0. The number of hydrogen-bond donors (Lipinski definition) is 0. The number of anilines is 1. The maximum atomic E-state index is 8.15. The van der Waals surface area contributed by atoms with Crippen molar-refractivity contribution >= 4 is 39.9 Å². The number of imidazole rings is 1. The van der Waals surface area contributed by atoms with Crippen molar-refractivity contribution in [3.05, 3.63) is 125 Å². The number of hydrogen-bond acceptors (Lipinski definition) is 4. The highest BCUT2D eigenvalue weighted by molar-refractivity contribution is 6.77. The predicted molar refractivity (Wildman–Crippen MR) is 228 cm³/mol. The summed E-state index contributed by atoms with van der Waals surface area (Å²) in [5.74, 6) is 2.79. The largest absolute Gasteiger partial charge is 0.457 e. The smallest absolute Gasteiger partial charge is 0.417 e. The first kappa shape index (κ1) is 32.2. The fraction of sp³-hybridized carbons (Fsp3) is 0.319. The first-order valence-corrected chi connectivity index (χ1v) is 18.9. The molecule has 0 amide bonds. The SMILES string of the molecule is [2H]C([2H])([2H])c1cc(-n2c3ccccc3c3ccc(Oc4ccc5c(c4)-c4nccn4B(c4c(C(C)(C)C)cc(C(C)(C)C)cc4C(C)(C)C)N5C)cc32)ncc1C. The monoisotopic (exact) mass is 716 g/mol. The summed E-state index contributed by atoms with van der Waals surface area (Å²) in [5.41, 5.74) is 9.99. The molecule has 0 saturated carbocycles. The third kappa shape index (κ3) is 5.89. The van der Waals surface area contributed by atoms with Crippen LogP contribution >= 0.6 is 0 Å². The second kappa shape index (κ2) is 12.4. The molecule has 0 saturated heterocycles. The van der Waals surface area contributed by atoms with Crippen molar-refractivity contribution < 1.29 is 8.85 Å². The molecule has 0 N–H and O–H groups in total. The summed E-state index contributed by atoms with van der Waals surface area (Å²) in [6, 6.07) is 27.0. The molecule has 0 atom stereocenters. The van der Waals surface area contributed by atoms with Gasteiger partial charge in [0.05, 0.1) is 11.0 Å². The van der Waals surface area contributed by atoms with Crippen LogP contribution in [-0.2, 0) is 16.2 Å². The topological polar surface area (TPSA) is 48.1 Å². The fourth-order valence-electron chi connectivity index (χ4n) is 8.07. The Morgan fingerprint density at radius 3 is 2.06 bits per heavy atom. The molecule has 0 radical (unpaired) electrons. The highest BCUT2D eigenvalue weighted by atomic mass is 16.5. The standard InChI is InChI=1S/C47H52BN5O/c1-29-23-42(50-28-30(29)2)53-40-16-14-13-15-34(40)35-19-17-33(27-41(35)53)54-32-18-20-39-36(26-32)44-49-21-22-52(44)48(51(39)12)43-37(46(6,7)8)24-31(45(3,4)5)25-38(43)47(9,10)11/h13-28H,1-12H3/i1D3. The van der Waals surface area contributed by atoms with E-state index >= 15 is 0 Å². The molecule has 274 valence electrons. The summed E-state index contributed by atoms with van der Waals surface area (Å²) in [5, 5.41) is 2.07. The van der Waals surface area contributed by atoms with Gasteiger partial charge in [0.1, 0.15) is 23.1 Å². The maximum absolute atomic E-state index is 8.15. The van der Waals surface area contributed by atoms with E-state index in [0.29, 0.717) is 22.9 Å². The first-order chi connectivity index (χ1) is 26.6. The number of nitrogens with zero attached hydrogens (tertiary/aromatic N) is 5. The highest BCUT2D eigenvalue weighted by Crippen LogP contribution is 2.42. The number of pyridine rings is 1. The lowest BCUT2D eigenvalue weighted by molar-refractivity contribution is 0.483. The van der Waals surface area contributed by atoms with E-state index in [9.17, 15) is 0 Å². The van der Waals surface area contributed by atoms with Crippen molar-refractivity contribution in [2.75, 3.05) is 11.9 Å². The van der Waals surface area contributed by atoms with Crippen LogP contribution in [-0.4, -0.2) is 33.0 Å². The number of aryl methyl sites for hydroxylation is 2. The van der Waals surface area contributed by atoms with E-state index in [4.69, 9.17) is 18.8 Å². The van der Waals surface area contributed by atoms with E-state index in [-0.39, 0.29) is 28.8 Å². The number of benzene rings is 4. The summed E-state index contributed by atoms with van der Waals surface area (Å²) in [7, 11) is 2.19. The summed E-state index contributed by atoms with van der Waals surface area (Å²) < 4.78 is 35.5. The van der Waals surface area contributed by atoms with Crippen LogP contribution in [0.3, 0.4) is 0 Å². The van der Waals surface area contributed by atoms with Crippen LogP contribution in [0.2, 0.25) is 0 Å². The summed E-state index contributed by atoms with van der Waals surface area (Å²) in [6.07, 6.45) is 5.65. The lowest BCUT2D eigenvalue weighted by Gasteiger charge is -2.41. The van der Waals surface area contributed by atoms with Crippen LogP contribution < -0.4 is 15.0 Å². The van der Waals surface area contributed by atoms with Crippen molar-refractivity contribution in [3.63, 3.8) is 0 Å². The van der Waals surface area contributed by atoms with Gasteiger partial charge in [0.25, 0.3) is 0 Å². The molecule has 3 aromatic heterocycles. The van der Waals surface area contributed by atoms with Gasteiger partial charge >= 0.3 is 6.98 Å². The van der Waals surface area contributed by atoms with Crippen molar-refractivity contribution in [1.29, 1.82) is 0 Å². The Balaban J connectivity index is 1.22. The Bertz CT molecular complexity index is 2670. The van der Waals surface area contributed by atoms with Gasteiger partial charge in [0.2, 0.25) is 0 Å². The lowest BCUT2D eigenvalue weighted by atomic mass is 9.54. The van der Waals surface area contributed by atoms with Crippen LogP contribution in [0.1, 0.15) is 94.2 Å². The number of para-hydroxylation sites is 1. The Hall–Kier alpha value is -5.30. The van der Waals surface area contributed by atoms with E-state index in [1.165, 1.54) is 22.2 Å². The van der Waals surface area contributed by atoms with E-state index in [1.807, 2.05) is 47.2 Å². The van der Waals surface area contributed by atoms with E-state index in [2.05, 4.69) is 121 Å². The molecule has 1 aliphatic heterocycles. The molecule has 7 heteroatoms. The first-order valence-electron chi connectivity index (χ1n) is 20.4. The normalized spacial score (nSPS) is 14.5. The predicted octanol–water partition coefficient (Wildman–Crippen LogP) is 11.0. The van der Waals surface area contributed by atoms with Crippen molar-refractivity contribution in [2.24, 2.45) is 0 Å². The number of aromatic nitrogens is 4. The Kier molecular flexibility index (Phi) is 7.37. The van der Waals surface area contributed by atoms with Gasteiger partial charge in [0, 0.05) is 50.8 Å². The van der Waals surface area contributed by atoms with Crippen LogP contribution in [0.4, 0.5) is 5.69 Å². The van der Waals surface area contributed by atoms with Gasteiger partial charge in [0.15, 0.2) is 0 Å². The molecule has 7 aromatic rings. The zero-order valence-electron chi connectivity index (χ0n) is 36.5. The zero-order chi connectivity index (χ0) is 41.0. The maximum Gasteiger partial charge on any atom is 0.417 e. The van der Waals surface area contributed by atoms with Gasteiger partial charge < -0.3 is 14.0 Å². The van der Waals surface area contributed by atoms with Crippen molar-refractivity contribution in [2.45, 2.75) is 92.3 Å². The molecule has 54 heavy (non-hydrogen) atoms. The van der Waals surface area contributed by atoms with Crippen molar-refractivity contribution in [3.8, 4) is 28.7 Å². The van der Waals surface area contributed by atoms with E-state index in [0.717, 1.165) is 38.9 Å². The summed E-state index contributed by atoms with van der Waals surface area (Å²) in [6.45, 7) is 20.3. The minimum absolute atomic E-state index is 0.00202. The van der Waals surface area contributed by atoms with Crippen LogP contribution in [0.5, 0.6) is 11.5 Å². The van der Waals surface area contributed by atoms with E-state index < -0.39 is 6.85 Å². The third-order valence-corrected chi connectivity index (χ3v) is 11.0. The molecule has 4 aromatic carbocycles. The molecule has 0 bridgehead atoms. The Morgan fingerprint density at radius 1 is 0.704 bits per heavy atom. The molecule has 0 aliphatic carbocycles. The number of rotatable bonds is 4. The Labute approximate surface area is 325 Å². The zero-order valence-corrected chi connectivity index (χ0v) is 33.5. The van der Waals surface area contributed by atoms with E-state index in [1.54, 1.807) is 19.2 Å². The van der Waals surface area contributed by atoms with Gasteiger partial charge in [-0.15, -0.1) is 0 Å². The lowest BCUT2D eigenvalue weighted by Crippen LogP contribution is -2.58. The molecule has 6 nitrogen and oxygen atoms in total. The number of ether oxygens (including phenoxy) is 1. The molecule has 0 fully saturated rings. The van der Waals surface area contributed by atoms with Gasteiger partial charge in [-0.25, -0.2) is 9.97 Å². The minimum Gasteiger partial charge on any atom is -0.457 e. The minimum atomic E-state index is -2.26. The molecule has 0 spiro atoms.